The van der Waals surface area contributed by atoms with E-state index in [-0.39, 0.29) is 17.9 Å². The fraction of sp³-hybridized carbons (Fsp3) is 0.545. The lowest BCUT2D eigenvalue weighted by Crippen LogP contribution is -2.62. The molecule has 1 saturated carbocycles. The summed E-state index contributed by atoms with van der Waals surface area (Å²) in [7, 11) is 0. The molecule has 2 atom stereocenters. The van der Waals surface area contributed by atoms with Crippen LogP contribution in [-0.4, -0.2) is 38.5 Å². The Kier molecular flexibility index (Phi) is 5.42. The smallest absolute Gasteiger partial charge is 0.254 e. The van der Waals surface area contributed by atoms with Gasteiger partial charge in [-0.1, -0.05) is 56.2 Å². The van der Waals surface area contributed by atoms with Crippen LogP contribution in [0.5, 0.6) is 0 Å². The Labute approximate surface area is 175 Å². The molecule has 1 N–H and O–H groups in total. The summed E-state index contributed by atoms with van der Waals surface area (Å²) in [5.74, 6) is -0.425. The average Bonchev–Trinajstić information content (AvgIpc) is 3.38. The molecule has 0 radical (unpaired) electrons. The summed E-state index contributed by atoms with van der Waals surface area (Å²) in [5.41, 5.74) is 1.03. The number of carbonyl (C=O) groups excluding carboxylic acids is 2. The molecule has 7 heteroatoms. The number of benzene rings is 1. The number of nitrogens with one attached hydrogen (secondary N) is 1. The number of hydrogen-bond acceptors (Lipinski definition) is 5. The summed E-state index contributed by atoms with van der Waals surface area (Å²) in [6.45, 7) is 6.22. The van der Waals surface area contributed by atoms with E-state index in [1.54, 1.807) is 0 Å². The van der Waals surface area contributed by atoms with Gasteiger partial charge in [0.15, 0.2) is 0 Å². The predicted molar refractivity (Wildman–Crippen MR) is 114 cm³/mol. The van der Waals surface area contributed by atoms with E-state index < -0.39 is 11.5 Å². The molecular weight excluding hydrogens is 384 g/mol. The van der Waals surface area contributed by atoms with Gasteiger partial charge in [0.25, 0.3) is 5.91 Å². The molecular formula is C22H28N4O2S. The summed E-state index contributed by atoms with van der Waals surface area (Å²) in [5, 5.41) is 12.7. The topological polar surface area (TPSA) is 75.2 Å². The van der Waals surface area contributed by atoms with Gasteiger partial charge in [0.2, 0.25) is 11.0 Å². The van der Waals surface area contributed by atoms with Crippen molar-refractivity contribution in [2.45, 2.75) is 76.8 Å². The third-order valence-electron chi connectivity index (χ3n) is 6.50. The molecule has 1 aromatic heterocycles. The van der Waals surface area contributed by atoms with Gasteiger partial charge in [-0.15, -0.1) is 10.2 Å². The maximum absolute atomic E-state index is 13.6. The highest BCUT2D eigenvalue weighted by molar-refractivity contribution is 7.15. The average molecular weight is 413 g/mol. The fourth-order valence-electron chi connectivity index (χ4n) is 5.05. The molecule has 0 bridgehead atoms. The fourth-order valence-corrected chi connectivity index (χ4v) is 5.73. The van der Waals surface area contributed by atoms with E-state index in [1.165, 1.54) is 11.3 Å². The molecule has 2 amide bonds. The highest BCUT2D eigenvalue weighted by Crippen LogP contribution is 2.51. The van der Waals surface area contributed by atoms with E-state index in [9.17, 15) is 9.59 Å². The lowest BCUT2D eigenvalue weighted by molar-refractivity contribution is -0.121. The maximum atomic E-state index is 13.6. The molecule has 1 fully saturated rings. The van der Waals surface area contributed by atoms with Crippen molar-refractivity contribution in [1.29, 1.82) is 0 Å². The molecule has 0 saturated heterocycles. The lowest BCUT2D eigenvalue weighted by atomic mass is 9.70. The van der Waals surface area contributed by atoms with E-state index in [0.717, 1.165) is 49.1 Å². The van der Waals surface area contributed by atoms with Gasteiger partial charge in [0, 0.05) is 11.6 Å². The number of aryl methyl sites for hydroxylation is 1. The Bertz CT molecular complexity index is 919. The normalized spacial score (nSPS) is 21.3. The summed E-state index contributed by atoms with van der Waals surface area (Å²) in [6.07, 6.45) is 5.42. The number of rotatable bonds is 5. The van der Waals surface area contributed by atoms with Crippen molar-refractivity contribution >= 4 is 28.3 Å². The number of nitrogens with zero attached hydrogens (tertiary/aromatic N) is 3. The minimum atomic E-state index is -0.469. The van der Waals surface area contributed by atoms with Crippen LogP contribution in [-0.2, 0) is 11.2 Å². The largest absolute Gasteiger partial charge is 0.329 e. The van der Waals surface area contributed by atoms with Gasteiger partial charge in [-0.2, -0.15) is 0 Å². The molecule has 1 aliphatic carbocycles. The van der Waals surface area contributed by atoms with E-state index in [0.29, 0.717) is 10.7 Å². The van der Waals surface area contributed by atoms with Crippen molar-refractivity contribution < 1.29 is 9.59 Å². The molecule has 2 heterocycles. The minimum absolute atomic E-state index is 0.0603. The van der Waals surface area contributed by atoms with Gasteiger partial charge in [-0.05, 0) is 44.2 Å². The zero-order valence-electron chi connectivity index (χ0n) is 17.3. The number of hydrogen-bond donors (Lipinski definition) is 1. The third kappa shape index (κ3) is 3.25. The van der Waals surface area contributed by atoms with Gasteiger partial charge < -0.3 is 4.90 Å². The second-order valence-corrected chi connectivity index (χ2v) is 9.17. The standard InChI is InChI=1S/C22H28N4O2S/c1-4-14(3)26-20(28)16-11-7-6-10-15(16)18(22(26)12-8-9-13-22)19(27)23-21-25-24-17(5-2)29-21/h6-7,10-11,14,18H,4-5,8-9,12-13H2,1-3H3,(H,23,25,27)/t14-,18+/m0/s1. The maximum Gasteiger partial charge on any atom is 0.254 e. The molecule has 6 nitrogen and oxygen atoms in total. The Morgan fingerprint density at radius 2 is 2.00 bits per heavy atom. The van der Waals surface area contributed by atoms with Crippen LogP contribution in [0.1, 0.15) is 79.7 Å². The molecule has 2 aromatic rings. The van der Waals surface area contributed by atoms with Crippen molar-refractivity contribution in [1.82, 2.24) is 15.1 Å². The summed E-state index contributed by atoms with van der Waals surface area (Å²) in [4.78, 5) is 29.2. The van der Waals surface area contributed by atoms with Crippen molar-refractivity contribution in [2.75, 3.05) is 5.32 Å². The van der Waals surface area contributed by atoms with Gasteiger partial charge >= 0.3 is 0 Å². The van der Waals surface area contributed by atoms with Gasteiger partial charge in [0.1, 0.15) is 5.01 Å². The Morgan fingerprint density at radius 3 is 2.66 bits per heavy atom. The molecule has 2 aliphatic rings. The van der Waals surface area contributed by atoms with Crippen LogP contribution in [0.15, 0.2) is 24.3 Å². The number of amides is 2. The molecule has 154 valence electrons. The van der Waals surface area contributed by atoms with Crippen LogP contribution in [0, 0.1) is 0 Å². The number of fused-ring (bicyclic) bond motifs is 1. The molecule has 4 rings (SSSR count). The van der Waals surface area contributed by atoms with Crippen molar-refractivity contribution in [3.05, 3.63) is 40.4 Å². The Morgan fingerprint density at radius 1 is 1.28 bits per heavy atom. The second kappa shape index (κ2) is 7.86. The van der Waals surface area contributed by atoms with Gasteiger partial charge in [-0.3, -0.25) is 14.9 Å². The monoisotopic (exact) mass is 412 g/mol. The Hall–Kier alpha value is -2.28. The zero-order chi connectivity index (χ0) is 20.6. The summed E-state index contributed by atoms with van der Waals surface area (Å²) >= 11 is 1.41. The van der Waals surface area contributed by atoms with Gasteiger partial charge in [-0.25, -0.2) is 0 Å². The van der Waals surface area contributed by atoms with E-state index in [1.807, 2.05) is 36.1 Å². The molecule has 1 aromatic carbocycles. The highest BCUT2D eigenvalue weighted by Gasteiger charge is 2.56. The highest BCUT2D eigenvalue weighted by atomic mass is 32.1. The van der Waals surface area contributed by atoms with Crippen LogP contribution in [0.25, 0.3) is 0 Å². The first-order chi connectivity index (χ1) is 14.0. The predicted octanol–water partition coefficient (Wildman–Crippen LogP) is 4.39. The third-order valence-corrected chi connectivity index (χ3v) is 7.48. The second-order valence-electron chi connectivity index (χ2n) is 8.11. The lowest BCUT2D eigenvalue weighted by Gasteiger charge is -2.52. The first kappa shape index (κ1) is 20.0. The van der Waals surface area contributed by atoms with E-state index in [4.69, 9.17) is 0 Å². The number of carbonyl (C=O) groups is 2. The van der Waals surface area contributed by atoms with E-state index >= 15 is 0 Å². The summed E-state index contributed by atoms with van der Waals surface area (Å²) in [6, 6.07) is 7.69. The quantitative estimate of drug-likeness (QED) is 0.790. The van der Waals surface area contributed by atoms with Crippen LogP contribution in [0.3, 0.4) is 0 Å². The van der Waals surface area contributed by atoms with Crippen LogP contribution in [0.2, 0.25) is 0 Å². The van der Waals surface area contributed by atoms with Crippen LogP contribution in [0.4, 0.5) is 5.13 Å². The van der Waals surface area contributed by atoms with Crippen molar-refractivity contribution in [3.63, 3.8) is 0 Å². The number of aromatic nitrogens is 2. The number of anilines is 1. The first-order valence-electron chi connectivity index (χ1n) is 10.6. The van der Waals surface area contributed by atoms with E-state index in [2.05, 4.69) is 29.4 Å². The van der Waals surface area contributed by atoms with Gasteiger partial charge in [0.05, 0.1) is 11.5 Å². The van der Waals surface area contributed by atoms with Crippen molar-refractivity contribution in [3.8, 4) is 0 Å². The Balaban J connectivity index is 1.80. The van der Waals surface area contributed by atoms with Crippen LogP contribution >= 0.6 is 11.3 Å². The molecule has 29 heavy (non-hydrogen) atoms. The molecule has 1 aliphatic heterocycles. The van der Waals surface area contributed by atoms with Crippen molar-refractivity contribution in [2.24, 2.45) is 0 Å². The SMILES string of the molecule is CCc1nnc(NC(=O)[C@H]2c3ccccc3C(=O)N([C@@H](C)CC)C23CCCC3)s1. The molecule has 0 unspecified atom stereocenters. The molecule has 1 spiro atoms. The minimum Gasteiger partial charge on any atom is -0.329 e. The van der Waals surface area contributed by atoms with Crippen LogP contribution < -0.4 is 5.32 Å². The zero-order valence-corrected chi connectivity index (χ0v) is 18.1. The first-order valence-corrected chi connectivity index (χ1v) is 11.4. The summed E-state index contributed by atoms with van der Waals surface area (Å²) < 4.78 is 0.